The summed E-state index contributed by atoms with van der Waals surface area (Å²) in [5.74, 6) is 0.780. The van der Waals surface area contributed by atoms with Gasteiger partial charge < -0.3 is 21.3 Å². The zero-order valence-electron chi connectivity index (χ0n) is 20.5. The zero-order chi connectivity index (χ0) is 24.7. The summed E-state index contributed by atoms with van der Waals surface area (Å²) in [7, 11) is 0. The van der Waals surface area contributed by atoms with E-state index >= 15 is 0 Å². The molecule has 3 aromatic heterocycles. The molecule has 35 heavy (non-hydrogen) atoms. The molecule has 7 nitrogen and oxygen atoms in total. The quantitative estimate of drug-likeness (QED) is 0.483. The molecule has 1 aliphatic heterocycles. The summed E-state index contributed by atoms with van der Waals surface area (Å²) in [6.45, 7) is 7.98. The Hall–Kier alpha value is -2.78. The first-order chi connectivity index (χ1) is 16.9. The molecule has 1 aliphatic carbocycles. The maximum Gasteiger partial charge on any atom is 0.263 e. The van der Waals surface area contributed by atoms with Gasteiger partial charge in [0.1, 0.15) is 15.5 Å². The summed E-state index contributed by atoms with van der Waals surface area (Å²) in [6.07, 6.45) is 2.36. The number of pyridine rings is 2. The van der Waals surface area contributed by atoms with E-state index in [1.54, 1.807) is 0 Å². The first-order valence-electron chi connectivity index (χ1n) is 12.4. The van der Waals surface area contributed by atoms with Crippen LogP contribution in [0.15, 0.2) is 18.2 Å². The number of carbonyl (C=O) groups excluding carboxylic acids is 1. The smallest absolute Gasteiger partial charge is 0.263 e. The van der Waals surface area contributed by atoms with Crippen molar-refractivity contribution in [1.82, 2.24) is 20.6 Å². The molecule has 4 N–H and O–H groups in total. The SMILES string of the molecule is CCNC1CN(c2ccc3c(n2)CCC(NC(=O)c2sc4nc(C)cc(C)c4c2N)C3)CC1CF. The number of rotatable bonds is 6. The van der Waals surface area contributed by atoms with E-state index in [4.69, 9.17) is 10.7 Å². The highest BCUT2D eigenvalue weighted by Crippen LogP contribution is 2.35. The van der Waals surface area contributed by atoms with Gasteiger partial charge in [0.2, 0.25) is 0 Å². The number of halogens is 1. The monoisotopic (exact) mass is 496 g/mol. The molecule has 5 rings (SSSR count). The normalized spacial score (nSPS) is 21.9. The molecule has 2 aliphatic rings. The van der Waals surface area contributed by atoms with E-state index in [0.29, 0.717) is 17.1 Å². The number of hydrogen-bond acceptors (Lipinski definition) is 7. The molecule has 3 aromatic rings. The van der Waals surface area contributed by atoms with Gasteiger partial charge in [-0.05, 0) is 62.9 Å². The predicted molar refractivity (Wildman–Crippen MR) is 140 cm³/mol. The molecule has 3 unspecified atom stereocenters. The summed E-state index contributed by atoms with van der Waals surface area (Å²) in [5.41, 5.74) is 11.1. The van der Waals surface area contributed by atoms with E-state index in [1.165, 1.54) is 11.3 Å². The van der Waals surface area contributed by atoms with Gasteiger partial charge >= 0.3 is 0 Å². The topological polar surface area (TPSA) is 96.2 Å². The number of nitrogens with two attached hydrogens (primary N) is 1. The van der Waals surface area contributed by atoms with Crippen molar-refractivity contribution in [1.29, 1.82) is 0 Å². The number of nitrogens with zero attached hydrogens (tertiary/aromatic N) is 3. The van der Waals surface area contributed by atoms with Crippen LogP contribution in [-0.4, -0.2) is 54.3 Å². The third kappa shape index (κ3) is 4.59. The number of nitrogens with one attached hydrogen (secondary N) is 2. The number of aromatic nitrogens is 2. The molecular formula is C26H33FN6OS. The summed E-state index contributed by atoms with van der Waals surface area (Å²) in [4.78, 5) is 26.1. The Labute approximate surface area is 209 Å². The molecule has 0 radical (unpaired) electrons. The minimum absolute atomic E-state index is 0.00314. The maximum atomic E-state index is 13.5. The second-order valence-corrected chi connectivity index (χ2v) is 10.8. The van der Waals surface area contributed by atoms with E-state index in [9.17, 15) is 9.18 Å². The second kappa shape index (κ2) is 9.70. The van der Waals surface area contributed by atoms with Gasteiger partial charge in [-0.15, -0.1) is 11.3 Å². The van der Waals surface area contributed by atoms with Crippen LogP contribution in [0.2, 0.25) is 0 Å². The Kier molecular flexibility index (Phi) is 6.63. The predicted octanol–water partition coefficient (Wildman–Crippen LogP) is 3.56. The average molecular weight is 497 g/mol. The average Bonchev–Trinajstić information content (AvgIpc) is 3.39. The van der Waals surface area contributed by atoms with E-state index in [1.807, 2.05) is 26.0 Å². The number of aryl methyl sites for hydroxylation is 3. The molecule has 1 saturated heterocycles. The minimum Gasteiger partial charge on any atom is -0.397 e. The zero-order valence-corrected chi connectivity index (χ0v) is 21.3. The molecule has 4 heterocycles. The Balaban J connectivity index is 1.27. The molecule has 186 valence electrons. The van der Waals surface area contributed by atoms with Gasteiger partial charge in [-0.25, -0.2) is 9.97 Å². The Bertz CT molecular complexity index is 1260. The number of anilines is 2. The van der Waals surface area contributed by atoms with Crippen molar-refractivity contribution in [2.45, 2.75) is 52.1 Å². The lowest BCUT2D eigenvalue weighted by atomic mass is 9.91. The highest BCUT2D eigenvalue weighted by atomic mass is 32.1. The Morgan fingerprint density at radius 2 is 2.11 bits per heavy atom. The number of thiophene rings is 1. The Morgan fingerprint density at radius 1 is 1.29 bits per heavy atom. The fourth-order valence-corrected chi connectivity index (χ4v) is 6.62. The minimum atomic E-state index is -0.319. The van der Waals surface area contributed by atoms with Crippen molar-refractivity contribution >= 4 is 39.0 Å². The van der Waals surface area contributed by atoms with Gasteiger partial charge in [0.15, 0.2) is 0 Å². The van der Waals surface area contributed by atoms with Crippen LogP contribution in [0, 0.1) is 19.8 Å². The Morgan fingerprint density at radius 3 is 2.89 bits per heavy atom. The van der Waals surface area contributed by atoms with Gasteiger partial charge in [0.05, 0.1) is 12.4 Å². The van der Waals surface area contributed by atoms with Crippen LogP contribution >= 0.6 is 11.3 Å². The first-order valence-corrected chi connectivity index (χ1v) is 13.2. The number of fused-ring (bicyclic) bond motifs is 2. The fourth-order valence-electron chi connectivity index (χ4n) is 5.50. The molecule has 0 spiro atoms. The van der Waals surface area contributed by atoms with E-state index in [0.717, 1.165) is 70.9 Å². The third-order valence-electron chi connectivity index (χ3n) is 7.24. The summed E-state index contributed by atoms with van der Waals surface area (Å²) >= 11 is 1.36. The summed E-state index contributed by atoms with van der Waals surface area (Å²) in [6, 6.07) is 6.33. The largest absolute Gasteiger partial charge is 0.397 e. The van der Waals surface area contributed by atoms with Gasteiger partial charge in [0, 0.05) is 47.9 Å². The van der Waals surface area contributed by atoms with Crippen molar-refractivity contribution in [3.05, 3.63) is 45.6 Å². The number of alkyl halides is 1. The van der Waals surface area contributed by atoms with Crippen LogP contribution in [0.3, 0.4) is 0 Å². The van der Waals surface area contributed by atoms with E-state index in [-0.39, 0.29) is 30.6 Å². The highest BCUT2D eigenvalue weighted by Gasteiger charge is 2.33. The number of amides is 1. The summed E-state index contributed by atoms with van der Waals surface area (Å²) in [5, 5.41) is 7.47. The molecular weight excluding hydrogens is 463 g/mol. The van der Waals surface area contributed by atoms with Gasteiger partial charge in [-0.3, -0.25) is 9.18 Å². The van der Waals surface area contributed by atoms with Crippen LogP contribution in [0.1, 0.15) is 45.5 Å². The number of carbonyl (C=O) groups is 1. The third-order valence-corrected chi connectivity index (χ3v) is 8.34. The first kappa shape index (κ1) is 23.9. The van der Waals surface area contributed by atoms with Crippen molar-refractivity contribution in [3.8, 4) is 0 Å². The van der Waals surface area contributed by atoms with Crippen molar-refractivity contribution in [2.24, 2.45) is 5.92 Å². The van der Waals surface area contributed by atoms with Crippen LogP contribution in [0.25, 0.3) is 10.2 Å². The molecule has 0 bridgehead atoms. The van der Waals surface area contributed by atoms with Gasteiger partial charge in [0.25, 0.3) is 5.91 Å². The molecule has 0 saturated carbocycles. The van der Waals surface area contributed by atoms with Gasteiger partial charge in [-0.2, -0.15) is 0 Å². The van der Waals surface area contributed by atoms with Crippen LogP contribution in [0.5, 0.6) is 0 Å². The van der Waals surface area contributed by atoms with E-state index < -0.39 is 0 Å². The lowest BCUT2D eigenvalue weighted by Gasteiger charge is -2.26. The van der Waals surface area contributed by atoms with Gasteiger partial charge in [-0.1, -0.05) is 13.0 Å². The number of nitrogen functional groups attached to an aromatic ring is 1. The molecule has 1 fully saturated rings. The summed E-state index contributed by atoms with van der Waals surface area (Å²) < 4.78 is 13.5. The molecule has 3 atom stereocenters. The van der Waals surface area contributed by atoms with Crippen LogP contribution < -0.4 is 21.3 Å². The van der Waals surface area contributed by atoms with Crippen LogP contribution in [0.4, 0.5) is 15.9 Å². The fraction of sp³-hybridized carbons (Fsp3) is 0.500. The highest BCUT2D eigenvalue weighted by molar-refractivity contribution is 7.21. The lowest BCUT2D eigenvalue weighted by Crippen LogP contribution is -2.39. The van der Waals surface area contributed by atoms with Crippen LogP contribution in [-0.2, 0) is 12.8 Å². The van der Waals surface area contributed by atoms with Crippen molar-refractivity contribution < 1.29 is 9.18 Å². The second-order valence-electron chi connectivity index (χ2n) is 9.78. The maximum absolute atomic E-state index is 13.5. The van der Waals surface area contributed by atoms with Crippen molar-refractivity contribution in [2.75, 3.05) is 36.9 Å². The standard InChI is InChI=1S/C26H33FN6OS/c1-4-29-20-13-33(12-17(20)11-27)21-8-5-16-10-18(6-7-19(16)32-21)31-25(34)24-23(28)22-14(2)9-15(3)30-26(22)35-24/h5,8-9,17-18,20,29H,4,6-7,10-13,28H2,1-3H3,(H,31,34). The molecule has 0 aromatic carbocycles. The lowest BCUT2D eigenvalue weighted by molar-refractivity contribution is 0.0938. The number of hydrogen-bond donors (Lipinski definition) is 3. The number of likely N-dealkylation sites (N-methyl/N-ethyl adjacent to an activating group) is 1. The van der Waals surface area contributed by atoms with Crippen molar-refractivity contribution in [3.63, 3.8) is 0 Å². The molecule has 9 heteroatoms. The molecule has 1 amide bonds. The van der Waals surface area contributed by atoms with E-state index in [2.05, 4.69) is 33.5 Å².